The molecule has 3 rings (SSSR count). The molecule has 1 aromatic carbocycles. The summed E-state index contributed by atoms with van der Waals surface area (Å²) in [4.78, 5) is 17.8. The zero-order valence-corrected chi connectivity index (χ0v) is 13.5. The molecule has 1 fully saturated rings. The van der Waals surface area contributed by atoms with Crippen LogP contribution in [-0.2, 0) is 6.54 Å². The maximum Gasteiger partial charge on any atom is 0.273 e. The number of hydrogen-bond donors (Lipinski definition) is 2. The van der Waals surface area contributed by atoms with E-state index in [9.17, 15) is 14.3 Å². The number of halogens is 1. The lowest BCUT2D eigenvalue weighted by atomic mass is 10.1. The van der Waals surface area contributed by atoms with Crippen LogP contribution < -0.4 is 10.2 Å². The topological polar surface area (TPSA) is 78.6 Å². The van der Waals surface area contributed by atoms with Crippen LogP contribution in [-0.4, -0.2) is 35.2 Å². The summed E-state index contributed by atoms with van der Waals surface area (Å²) in [6.07, 6.45) is 2.22. The first kappa shape index (κ1) is 16.4. The molecule has 2 N–H and O–H groups in total. The Morgan fingerprint density at radius 2 is 2.21 bits per heavy atom. The van der Waals surface area contributed by atoms with Gasteiger partial charge in [-0.15, -0.1) is 0 Å². The monoisotopic (exact) mass is 333 g/mol. The molecule has 7 heteroatoms. The van der Waals surface area contributed by atoms with E-state index < -0.39 is 0 Å². The molecule has 1 saturated heterocycles. The zero-order valence-electron chi connectivity index (χ0n) is 13.5. The van der Waals surface area contributed by atoms with Crippen LogP contribution in [0.15, 0.2) is 29.0 Å². The van der Waals surface area contributed by atoms with Gasteiger partial charge in [-0.05, 0) is 37.5 Å². The number of piperidine rings is 1. The van der Waals surface area contributed by atoms with Crippen molar-refractivity contribution in [3.8, 4) is 0 Å². The van der Waals surface area contributed by atoms with Crippen LogP contribution in [0, 0.1) is 12.7 Å². The van der Waals surface area contributed by atoms with Gasteiger partial charge in [0.1, 0.15) is 11.6 Å². The van der Waals surface area contributed by atoms with E-state index in [1.54, 1.807) is 19.1 Å². The molecule has 0 atom stereocenters. The summed E-state index contributed by atoms with van der Waals surface area (Å²) >= 11 is 0. The summed E-state index contributed by atoms with van der Waals surface area (Å²) in [7, 11) is 0. The van der Waals surface area contributed by atoms with Gasteiger partial charge in [0.2, 0.25) is 0 Å². The van der Waals surface area contributed by atoms with E-state index in [0.717, 1.165) is 0 Å². The number of benzene rings is 1. The van der Waals surface area contributed by atoms with E-state index in [4.69, 9.17) is 4.42 Å². The quantitative estimate of drug-likeness (QED) is 0.895. The molecule has 0 spiro atoms. The third-order valence-electron chi connectivity index (χ3n) is 4.23. The minimum atomic E-state index is -0.351. The predicted molar refractivity (Wildman–Crippen MR) is 86.3 cm³/mol. The fraction of sp³-hybridized carbons (Fsp3) is 0.412. The number of rotatable bonds is 4. The second-order valence-corrected chi connectivity index (χ2v) is 5.94. The number of amides is 1. The lowest BCUT2D eigenvalue weighted by molar-refractivity contribution is 0.0945. The van der Waals surface area contributed by atoms with Crippen LogP contribution in [0.2, 0.25) is 0 Å². The zero-order chi connectivity index (χ0) is 17.1. The minimum absolute atomic E-state index is 0.209. The SMILES string of the molecule is Cc1ocnc1C(=O)NCc1ccc(N2CCC(O)CC2)c(F)c1. The molecule has 1 aliphatic heterocycles. The van der Waals surface area contributed by atoms with E-state index in [0.29, 0.717) is 42.9 Å². The predicted octanol–water partition coefficient (Wildman–Crippen LogP) is 2.01. The Hall–Kier alpha value is -2.41. The van der Waals surface area contributed by atoms with Crippen molar-refractivity contribution >= 4 is 11.6 Å². The van der Waals surface area contributed by atoms with Crippen LogP contribution in [0.4, 0.5) is 10.1 Å². The highest BCUT2D eigenvalue weighted by Gasteiger charge is 2.20. The summed E-state index contributed by atoms with van der Waals surface area (Å²) < 4.78 is 19.3. The first-order chi connectivity index (χ1) is 11.5. The largest absolute Gasteiger partial charge is 0.448 e. The standard InChI is InChI=1S/C17H20FN3O3/c1-11-16(20-10-24-11)17(23)19-9-12-2-3-15(14(18)8-12)21-6-4-13(22)5-7-21/h2-3,8,10,13,22H,4-7,9H2,1H3,(H,19,23). The Labute approximate surface area is 139 Å². The van der Waals surface area contributed by atoms with Gasteiger partial charge in [-0.2, -0.15) is 0 Å². The van der Waals surface area contributed by atoms with E-state index in [1.165, 1.54) is 12.5 Å². The molecular formula is C17H20FN3O3. The molecule has 128 valence electrons. The minimum Gasteiger partial charge on any atom is -0.448 e. The second-order valence-electron chi connectivity index (χ2n) is 5.94. The summed E-state index contributed by atoms with van der Waals surface area (Å²) in [5.74, 6) is -0.229. The summed E-state index contributed by atoms with van der Waals surface area (Å²) in [5.41, 5.74) is 1.44. The average Bonchev–Trinajstić information content (AvgIpc) is 3.00. The molecule has 2 heterocycles. The van der Waals surface area contributed by atoms with Gasteiger partial charge in [-0.25, -0.2) is 9.37 Å². The molecule has 24 heavy (non-hydrogen) atoms. The highest BCUT2D eigenvalue weighted by molar-refractivity contribution is 5.92. The van der Waals surface area contributed by atoms with Crippen LogP contribution in [0.25, 0.3) is 0 Å². The highest BCUT2D eigenvalue weighted by atomic mass is 19.1. The van der Waals surface area contributed by atoms with Gasteiger partial charge < -0.3 is 19.7 Å². The van der Waals surface area contributed by atoms with E-state index in [1.807, 2.05) is 4.90 Å². The lowest BCUT2D eigenvalue weighted by Gasteiger charge is -2.31. The number of carbonyl (C=O) groups excluding carboxylic acids is 1. The number of oxazole rings is 1. The van der Waals surface area contributed by atoms with Crippen LogP contribution >= 0.6 is 0 Å². The van der Waals surface area contributed by atoms with Crippen molar-refractivity contribution in [1.29, 1.82) is 0 Å². The Morgan fingerprint density at radius 3 is 2.83 bits per heavy atom. The number of aliphatic hydroxyl groups is 1. The molecule has 0 bridgehead atoms. The van der Waals surface area contributed by atoms with Gasteiger partial charge in [0.15, 0.2) is 12.1 Å². The third kappa shape index (κ3) is 3.56. The van der Waals surface area contributed by atoms with Gasteiger partial charge in [0, 0.05) is 19.6 Å². The van der Waals surface area contributed by atoms with Crippen molar-refractivity contribution in [2.45, 2.75) is 32.4 Å². The van der Waals surface area contributed by atoms with Crippen molar-refractivity contribution in [1.82, 2.24) is 10.3 Å². The van der Waals surface area contributed by atoms with Gasteiger partial charge in [-0.1, -0.05) is 6.07 Å². The number of anilines is 1. The fourth-order valence-corrected chi connectivity index (χ4v) is 2.81. The fourth-order valence-electron chi connectivity index (χ4n) is 2.81. The van der Waals surface area contributed by atoms with Crippen molar-refractivity contribution in [3.63, 3.8) is 0 Å². The molecule has 1 aliphatic rings. The first-order valence-corrected chi connectivity index (χ1v) is 7.94. The number of aryl methyl sites for hydroxylation is 1. The molecule has 0 unspecified atom stereocenters. The lowest BCUT2D eigenvalue weighted by Crippen LogP contribution is -2.36. The highest BCUT2D eigenvalue weighted by Crippen LogP contribution is 2.24. The second kappa shape index (κ2) is 7.00. The molecule has 0 radical (unpaired) electrons. The summed E-state index contributed by atoms with van der Waals surface area (Å²) in [6, 6.07) is 4.94. The molecular weight excluding hydrogens is 313 g/mol. The van der Waals surface area contributed by atoms with Gasteiger partial charge in [0.05, 0.1) is 11.8 Å². The van der Waals surface area contributed by atoms with Crippen molar-refractivity contribution in [2.24, 2.45) is 0 Å². The van der Waals surface area contributed by atoms with Crippen molar-refractivity contribution in [3.05, 3.63) is 47.4 Å². The number of aliphatic hydroxyl groups excluding tert-OH is 1. The van der Waals surface area contributed by atoms with Crippen LogP contribution in [0.1, 0.15) is 34.7 Å². The third-order valence-corrected chi connectivity index (χ3v) is 4.23. The Bertz CT molecular complexity index is 724. The number of aromatic nitrogens is 1. The molecule has 1 amide bonds. The number of nitrogens with one attached hydrogen (secondary N) is 1. The van der Waals surface area contributed by atoms with Crippen molar-refractivity contribution < 1.29 is 18.7 Å². The Morgan fingerprint density at radius 1 is 1.46 bits per heavy atom. The molecule has 2 aromatic rings. The maximum atomic E-state index is 14.3. The van der Waals surface area contributed by atoms with Gasteiger partial charge >= 0.3 is 0 Å². The number of hydrogen-bond acceptors (Lipinski definition) is 5. The molecule has 0 saturated carbocycles. The van der Waals surface area contributed by atoms with E-state index in [-0.39, 0.29) is 30.1 Å². The summed E-state index contributed by atoms with van der Waals surface area (Å²) in [6.45, 7) is 3.15. The number of nitrogens with zero attached hydrogens (tertiary/aromatic N) is 2. The summed E-state index contributed by atoms with van der Waals surface area (Å²) in [5, 5.41) is 12.2. The van der Waals surface area contributed by atoms with Gasteiger partial charge in [0.25, 0.3) is 5.91 Å². The number of carbonyl (C=O) groups is 1. The molecule has 0 aliphatic carbocycles. The van der Waals surface area contributed by atoms with Crippen LogP contribution in [0.3, 0.4) is 0 Å². The Balaban J connectivity index is 1.62. The maximum absolute atomic E-state index is 14.3. The normalized spacial score (nSPS) is 15.5. The molecule has 1 aromatic heterocycles. The Kier molecular flexibility index (Phi) is 4.80. The van der Waals surface area contributed by atoms with Crippen LogP contribution in [0.5, 0.6) is 0 Å². The smallest absolute Gasteiger partial charge is 0.273 e. The van der Waals surface area contributed by atoms with E-state index in [2.05, 4.69) is 10.3 Å². The average molecular weight is 333 g/mol. The van der Waals surface area contributed by atoms with E-state index >= 15 is 0 Å². The van der Waals surface area contributed by atoms with Crippen molar-refractivity contribution in [2.75, 3.05) is 18.0 Å². The molecule has 6 nitrogen and oxygen atoms in total. The van der Waals surface area contributed by atoms with Gasteiger partial charge in [-0.3, -0.25) is 4.79 Å². The first-order valence-electron chi connectivity index (χ1n) is 7.94.